The predicted octanol–water partition coefficient (Wildman–Crippen LogP) is 3.31. The number of carbonyl (C=O) groups is 3. The Morgan fingerprint density at radius 3 is 2.48 bits per heavy atom. The molecule has 1 heterocycles. The summed E-state index contributed by atoms with van der Waals surface area (Å²) in [4.78, 5) is 36.5. The molecule has 0 spiro atoms. The largest absolute Gasteiger partial charge is 0.465 e. The van der Waals surface area contributed by atoms with Gasteiger partial charge >= 0.3 is 5.97 Å². The number of carbonyl (C=O) groups excluding carboxylic acids is 3. The standard InChI is InChI=1S/C23H25N5O4S/c1-4-28-20(15(2)24-21(30)16-9-6-5-7-10-16)26-27-23(28)33-14-19(29)25-18-12-8-11-17(13-18)22(31)32-3/h5-13,15H,4,14H2,1-3H3,(H,24,30)(H,25,29)/t15-/m1/s1. The summed E-state index contributed by atoms with van der Waals surface area (Å²) in [6.45, 7) is 4.37. The number of hydrogen-bond donors (Lipinski definition) is 2. The molecule has 0 aliphatic heterocycles. The van der Waals surface area contributed by atoms with Crippen LogP contribution in [0.1, 0.15) is 46.4 Å². The van der Waals surface area contributed by atoms with Gasteiger partial charge in [-0.1, -0.05) is 36.0 Å². The zero-order valence-corrected chi connectivity index (χ0v) is 19.4. The van der Waals surface area contributed by atoms with E-state index in [4.69, 9.17) is 4.74 Å². The lowest BCUT2D eigenvalue weighted by molar-refractivity contribution is -0.113. The summed E-state index contributed by atoms with van der Waals surface area (Å²) in [6, 6.07) is 15.1. The molecule has 1 aromatic heterocycles. The summed E-state index contributed by atoms with van der Waals surface area (Å²) in [5, 5.41) is 14.7. The zero-order chi connectivity index (χ0) is 23.8. The predicted molar refractivity (Wildman–Crippen MR) is 125 cm³/mol. The van der Waals surface area contributed by atoms with Gasteiger partial charge in [0.2, 0.25) is 5.91 Å². The molecule has 2 aromatic carbocycles. The lowest BCUT2D eigenvalue weighted by atomic mass is 10.2. The van der Waals surface area contributed by atoms with Crippen LogP contribution < -0.4 is 10.6 Å². The summed E-state index contributed by atoms with van der Waals surface area (Å²) in [7, 11) is 1.30. The highest BCUT2D eigenvalue weighted by atomic mass is 32.2. The highest BCUT2D eigenvalue weighted by Gasteiger charge is 2.20. The van der Waals surface area contributed by atoms with E-state index in [-0.39, 0.29) is 23.6 Å². The van der Waals surface area contributed by atoms with E-state index in [9.17, 15) is 14.4 Å². The minimum absolute atomic E-state index is 0.103. The highest BCUT2D eigenvalue weighted by Crippen LogP contribution is 2.21. The molecule has 9 nitrogen and oxygen atoms in total. The van der Waals surface area contributed by atoms with E-state index >= 15 is 0 Å². The van der Waals surface area contributed by atoms with Crippen molar-refractivity contribution in [2.75, 3.05) is 18.2 Å². The lowest BCUT2D eigenvalue weighted by Crippen LogP contribution is -2.28. The molecule has 10 heteroatoms. The highest BCUT2D eigenvalue weighted by molar-refractivity contribution is 7.99. The molecule has 0 fully saturated rings. The molecule has 0 unspecified atom stereocenters. The second kappa shape index (κ2) is 11.3. The number of benzene rings is 2. The van der Waals surface area contributed by atoms with Crippen LogP contribution in [0.15, 0.2) is 59.8 Å². The number of anilines is 1. The van der Waals surface area contributed by atoms with Gasteiger partial charge in [0.05, 0.1) is 24.5 Å². The number of amides is 2. The first-order valence-electron chi connectivity index (χ1n) is 10.3. The third-order valence-electron chi connectivity index (χ3n) is 4.73. The molecule has 2 N–H and O–H groups in total. The summed E-state index contributed by atoms with van der Waals surface area (Å²) >= 11 is 1.24. The number of ether oxygens (including phenoxy) is 1. The fourth-order valence-electron chi connectivity index (χ4n) is 3.13. The minimum atomic E-state index is -0.475. The van der Waals surface area contributed by atoms with Crippen LogP contribution in [0.2, 0.25) is 0 Å². The third kappa shape index (κ3) is 6.19. The van der Waals surface area contributed by atoms with Crippen LogP contribution in [-0.2, 0) is 16.1 Å². The molecule has 33 heavy (non-hydrogen) atoms. The number of nitrogens with one attached hydrogen (secondary N) is 2. The number of aromatic nitrogens is 3. The number of methoxy groups -OCH3 is 1. The van der Waals surface area contributed by atoms with Crippen LogP contribution in [0.4, 0.5) is 5.69 Å². The maximum absolute atomic E-state index is 12.5. The monoisotopic (exact) mass is 467 g/mol. The molecule has 2 amide bonds. The molecule has 0 bridgehead atoms. The van der Waals surface area contributed by atoms with Crippen molar-refractivity contribution in [2.45, 2.75) is 31.6 Å². The number of nitrogens with zero attached hydrogens (tertiary/aromatic N) is 3. The molecule has 3 aromatic rings. The fraction of sp³-hybridized carbons (Fsp3) is 0.261. The molecule has 0 radical (unpaired) electrons. The topological polar surface area (TPSA) is 115 Å². The van der Waals surface area contributed by atoms with Gasteiger partial charge in [-0.15, -0.1) is 10.2 Å². The Hall–Kier alpha value is -3.66. The fourth-order valence-corrected chi connectivity index (χ4v) is 3.94. The van der Waals surface area contributed by atoms with E-state index in [0.717, 1.165) is 0 Å². The van der Waals surface area contributed by atoms with Crippen molar-refractivity contribution in [3.8, 4) is 0 Å². The van der Waals surface area contributed by atoms with Crippen molar-refractivity contribution in [3.63, 3.8) is 0 Å². The van der Waals surface area contributed by atoms with Gasteiger partial charge in [0.25, 0.3) is 5.91 Å². The summed E-state index contributed by atoms with van der Waals surface area (Å²) in [5.41, 5.74) is 1.41. The van der Waals surface area contributed by atoms with Crippen LogP contribution in [-0.4, -0.2) is 45.4 Å². The van der Waals surface area contributed by atoms with E-state index in [1.165, 1.54) is 18.9 Å². The van der Waals surface area contributed by atoms with Gasteiger partial charge < -0.3 is 19.9 Å². The average Bonchev–Trinajstić information content (AvgIpc) is 3.26. The first kappa shape index (κ1) is 24.0. The SMILES string of the molecule is CCn1c(SCC(=O)Nc2cccc(C(=O)OC)c2)nnc1[C@@H](C)NC(=O)c1ccccc1. The Morgan fingerprint density at radius 1 is 1.06 bits per heavy atom. The van der Waals surface area contributed by atoms with Gasteiger partial charge in [0.15, 0.2) is 11.0 Å². The Morgan fingerprint density at radius 2 is 1.79 bits per heavy atom. The minimum Gasteiger partial charge on any atom is -0.465 e. The Labute approximate surface area is 195 Å². The molecule has 0 aliphatic carbocycles. The first-order valence-corrected chi connectivity index (χ1v) is 11.3. The third-order valence-corrected chi connectivity index (χ3v) is 5.70. The van der Waals surface area contributed by atoms with Crippen molar-refractivity contribution in [2.24, 2.45) is 0 Å². The number of esters is 1. The van der Waals surface area contributed by atoms with Gasteiger partial charge in [-0.25, -0.2) is 4.79 Å². The molecule has 172 valence electrons. The van der Waals surface area contributed by atoms with Crippen LogP contribution in [0.5, 0.6) is 0 Å². The number of hydrogen-bond acceptors (Lipinski definition) is 7. The van der Waals surface area contributed by atoms with Crippen molar-refractivity contribution in [1.29, 1.82) is 0 Å². The maximum atomic E-state index is 12.5. The molecule has 0 saturated carbocycles. The van der Waals surface area contributed by atoms with Crippen molar-refractivity contribution < 1.29 is 19.1 Å². The van der Waals surface area contributed by atoms with Gasteiger partial charge in [-0.05, 0) is 44.2 Å². The van der Waals surface area contributed by atoms with E-state index in [1.54, 1.807) is 48.5 Å². The summed E-state index contributed by atoms with van der Waals surface area (Å²) in [5.74, 6) is -0.213. The van der Waals surface area contributed by atoms with E-state index in [2.05, 4.69) is 20.8 Å². The lowest BCUT2D eigenvalue weighted by Gasteiger charge is -2.15. The Bertz CT molecular complexity index is 1130. The van der Waals surface area contributed by atoms with E-state index in [1.807, 2.05) is 24.5 Å². The van der Waals surface area contributed by atoms with Gasteiger partial charge in [0, 0.05) is 17.8 Å². The second-order valence-electron chi connectivity index (χ2n) is 7.06. The Balaban J connectivity index is 1.61. The smallest absolute Gasteiger partial charge is 0.337 e. The van der Waals surface area contributed by atoms with Gasteiger partial charge in [-0.3, -0.25) is 9.59 Å². The molecule has 1 atom stereocenters. The van der Waals surface area contributed by atoms with Crippen LogP contribution >= 0.6 is 11.8 Å². The zero-order valence-electron chi connectivity index (χ0n) is 18.6. The average molecular weight is 468 g/mol. The maximum Gasteiger partial charge on any atom is 0.337 e. The van der Waals surface area contributed by atoms with Crippen molar-refractivity contribution in [3.05, 3.63) is 71.5 Å². The van der Waals surface area contributed by atoms with Gasteiger partial charge in [0.1, 0.15) is 0 Å². The normalized spacial score (nSPS) is 11.5. The van der Waals surface area contributed by atoms with E-state index in [0.29, 0.717) is 34.3 Å². The summed E-state index contributed by atoms with van der Waals surface area (Å²) < 4.78 is 6.56. The molecule has 3 rings (SSSR count). The van der Waals surface area contributed by atoms with Crippen LogP contribution in [0.3, 0.4) is 0 Å². The molecular formula is C23H25N5O4S. The second-order valence-corrected chi connectivity index (χ2v) is 8.00. The first-order chi connectivity index (χ1) is 15.9. The van der Waals surface area contributed by atoms with Crippen LogP contribution in [0.25, 0.3) is 0 Å². The van der Waals surface area contributed by atoms with Crippen LogP contribution in [0, 0.1) is 0 Å². The van der Waals surface area contributed by atoms with Crippen molar-refractivity contribution >= 4 is 35.2 Å². The summed E-state index contributed by atoms with van der Waals surface area (Å²) in [6.07, 6.45) is 0. The molecule has 0 saturated heterocycles. The van der Waals surface area contributed by atoms with Gasteiger partial charge in [-0.2, -0.15) is 0 Å². The quantitative estimate of drug-likeness (QED) is 0.366. The van der Waals surface area contributed by atoms with E-state index < -0.39 is 5.97 Å². The molecule has 0 aliphatic rings. The number of rotatable bonds is 9. The number of thioether (sulfide) groups is 1. The van der Waals surface area contributed by atoms with Crippen molar-refractivity contribution in [1.82, 2.24) is 20.1 Å². The molecular weight excluding hydrogens is 442 g/mol. The Kier molecular flexibility index (Phi) is 8.20.